The van der Waals surface area contributed by atoms with Crippen molar-refractivity contribution >= 4 is 14.0 Å². The molecular weight excluding hydrogens is 217 g/mol. The summed E-state index contributed by atoms with van der Waals surface area (Å²) in [5.41, 5.74) is 0. The van der Waals surface area contributed by atoms with Gasteiger partial charge in [-0.25, -0.2) is 5.06 Å². The highest BCUT2D eigenvalue weighted by Crippen LogP contribution is 2.33. The van der Waals surface area contributed by atoms with Crippen LogP contribution in [-0.2, 0) is 14.1 Å². The van der Waals surface area contributed by atoms with Crippen molar-refractivity contribution < 1.29 is 34.2 Å². The van der Waals surface area contributed by atoms with Gasteiger partial charge in [0, 0.05) is 0 Å². The lowest BCUT2D eigenvalue weighted by atomic mass is 10.4. The van der Waals surface area contributed by atoms with Gasteiger partial charge in [-0.05, 0) is 0 Å². The third kappa shape index (κ3) is 8.11. The maximum atomic E-state index is 10.3. The maximum Gasteiger partial charge on any atom is 0.350 e. The zero-order valence-electron chi connectivity index (χ0n) is 7.18. The summed E-state index contributed by atoms with van der Waals surface area (Å²) in [6.45, 7) is -0.763. The van der Waals surface area contributed by atoms with Crippen LogP contribution in [0.2, 0.25) is 0 Å². The van der Waals surface area contributed by atoms with Crippen molar-refractivity contribution in [3.05, 3.63) is 0 Å². The second-order valence-corrected chi connectivity index (χ2v) is 4.13. The second kappa shape index (κ2) is 6.07. The highest BCUT2D eigenvalue weighted by atomic mass is 31.2. The lowest BCUT2D eigenvalue weighted by Gasteiger charge is -2.14. The fraction of sp³-hybridized carbons (Fsp3) is 0.800. The van der Waals surface area contributed by atoms with Crippen LogP contribution < -0.4 is 0 Å². The van der Waals surface area contributed by atoms with Gasteiger partial charge >= 0.3 is 7.60 Å². The van der Waals surface area contributed by atoms with Crippen LogP contribution in [0.4, 0.5) is 0 Å². The van der Waals surface area contributed by atoms with E-state index < -0.39 is 20.0 Å². The number of ether oxygens (including phenoxy) is 1. The van der Waals surface area contributed by atoms with Gasteiger partial charge in [-0.15, -0.1) is 0 Å². The molecule has 84 valence electrons. The molecule has 0 spiro atoms. The molecule has 0 heterocycles. The SMILES string of the molecule is O=CN(O)CC(O)COCP(=O)(O)O. The average Bonchev–Trinajstić information content (AvgIpc) is 2.01. The van der Waals surface area contributed by atoms with E-state index in [1.165, 1.54) is 0 Å². The van der Waals surface area contributed by atoms with Crippen LogP contribution in [-0.4, -0.2) is 57.2 Å². The Kier molecular flexibility index (Phi) is 5.86. The molecule has 1 unspecified atom stereocenters. The van der Waals surface area contributed by atoms with Crippen LogP contribution >= 0.6 is 7.60 Å². The van der Waals surface area contributed by atoms with E-state index in [-0.39, 0.29) is 24.6 Å². The molecule has 1 atom stereocenters. The molecule has 0 aliphatic rings. The van der Waals surface area contributed by atoms with Gasteiger partial charge in [-0.3, -0.25) is 14.6 Å². The first-order chi connectivity index (χ1) is 6.35. The zero-order valence-corrected chi connectivity index (χ0v) is 8.08. The minimum Gasteiger partial charge on any atom is -0.389 e. The molecule has 1 amide bonds. The standard InChI is InChI=1S/C5H12NO7P/c7-3-6(9)1-5(8)2-13-4-14(10,11)12/h3,5,8-9H,1-2,4H2,(H2,10,11,12). The molecule has 0 radical (unpaired) electrons. The lowest BCUT2D eigenvalue weighted by Crippen LogP contribution is -2.31. The Hall–Kier alpha value is -0.500. The first-order valence-electron chi connectivity index (χ1n) is 3.56. The van der Waals surface area contributed by atoms with Crippen molar-refractivity contribution in [1.82, 2.24) is 5.06 Å². The normalized spacial score (nSPS) is 13.7. The van der Waals surface area contributed by atoms with Crippen LogP contribution in [0.15, 0.2) is 0 Å². The highest BCUT2D eigenvalue weighted by Gasteiger charge is 2.15. The van der Waals surface area contributed by atoms with E-state index in [4.69, 9.17) is 20.1 Å². The van der Waals surface area contributed by atoms with Crippen molar-refractivity contribution in [2.45, 2.75) is 6.10 Å². The Morgan fingerprint density at radius 2 is 2.07 bits per heavy atom. The molecule has 8 nitrogen and oxygen atoms in total. The fourth-order valence-corrected chi connectivity index (χ4v) is 0.963. The second-order valence-electron chi connectivity index (χ2n) is 2.55. The van der Waals surface area contributed by atoms with Gasteiger partial charge in [-0.1, -0.05) is 0 Å². The van der Waals surface area contributed by atoms with E-state index in [9.17, 15) is 9.36 Å². The molecule has 0 aromatic carbocycles. The van der Waals surface area contributed by atoms with E-state index in [2.05, 4.69) is 4.74 Å². The molecule has 0 aliphatic carbocycles. The Balaban J connectivity index is 3.59. The Morgan fingerprint density at radius 1 is 1.50 bits per heavy atom. The average molecular weight is 229 g/mol. The summed E-state index contributed by atoms with van der Waals surface area (Å²) in [7, 11) is -4.24. The number of aliphatic hydroxyl groups is 1. The molecule has 0 aromatic heterocycles. The Morgan fingerprint density at radius 3 is 2.50 bits per heavy atom. The minimum atomic E-state index is -4.24. The number of carbonyl (C=O) groups excluding carboxylic acids is 1. The van der Waals surface area contributed by atoms with Gasteiger partial charge in [0.15, 0.2) is 0 Å². The number of carbonyl (C=O) groups is 1. The van der Waals surface area contributed by atoms with Crippen LogP contribution in [0.5, 0.6) is 0 Å². The van der Waals surface area contributed by atoms with Gasteiger partial charge in [0.2, 0.25) is 6.41 Å². The first kappa shape index (κ1) is 13.5. The van der Waals surface area contributed by atoms with Crippen molar-refractivity contribution in [2.24, 2.45) is 0 Å². The summed E-state index contributed by atoms with van der Waals surface area (Å²) in [5, 5.41) is 17.8. The summed E-state index contributed by atoms with van der Waals surface area (Å²) in [6, 6.07) is 0. The van der Waals surface area contributed by atoms with Crippen LogP contribution in [0.3, 0.4) is 0 Å². The maximum absolute atomic E-state index is 10.3. The quantitative estimate of drug-likeness (QED) is 0.178. The van der Waals surface area contributed by atoms with E-state index in [0.717, 1.165) is 0 Å². The molecular formula is C5H12NO7P. The first-order valence-corrected chi connectivity index (χ1v) is 5.36. The van der Waals surface area contributed by atoms with E-state index in [1.807, 2.05) is 0 Å². The molecule has 14 heavy (non-hydrogen) atoms. The Bertz CT molecular complexity index is 216. The predicted octanol–water partition coefficient (Wildman–Crippen LogP) is -1.65. The monoisotopic (exact) mass is 229 g/mol. The molecule has 9 heteroatoms. The number of hydroxylamine groups is 2. The van der Waals surface area contributed by atoms with Crippen molar-refractivity contribution in [3.63, 3.8) is 0 Å². The molecule has 0 bridgehead atoms. The number of rotatable bonds is 7. The van der Waals surface area contributed by atoms with Gasteiger partial charge in [-0.2, -0.15) is 0 Å². The van der Waals surface area contributed by atoms with E-state index >= 15 is 0 Å². The van der Waals surface area contributed by atoms with E-state index in [1.54, 1.807) is 0 Å². The molecule has 4 N–H and O–H groups in total. The molecule has 0 saturated heterocycles. The smallest absolute Gasteiger partial charge is 0.350 e. The third-order valence-corrected chi connectivity index (χ3v) is 1.61. The lowest BCUT2D eigenvalue weighted by molar-refractivity contribution is -0.156. The van der Waals surface area contributed by atoms with Crippen LogP contribution in [0, 0.1) is 0 Å². The van der Waals surface area contributed by atoms with E-state index in [0.29, 0.717) is 0 Å². The number of nitrogens with zero attached hydrogens (tertiary/aromatic N) is 1. The molecule has 0 aromatic rings. The van der Waals surface area contributed by atoms with Gasteiger partial charge in [0.05, 0.1) is 19.3 Å². The van der Waals surface area contributed by atoms with Crippen molar-refractivity contribution in [3.8, 4) is 0 Å². The van der Waals surface area contributed by atoms with Crippen LogP contribution in [0.25, 0.3) is 0 Å². The fourth-order valence-electron chi connectivity index (χ4n) is 0.619. The van der Waals surface area contributed by atoms with Crippen LogP contribution in [0.1, 0.15) is 0 Å². The topological polar surface area (TPSA) is 128 Å². The third-order valence-electron chi connectivity index (χ3n) is 1.09. The molecule has 0 fully saturated rings. The van der Waals surface area contributed by atoms with Gasteiger partial charge < -0.3 is 19.6 Å². The highest BCUT2D eigenvalue weighted by molar-refractivity contribution is 7.51. The minimum absolute atomic E-state index is 0.0895. The summed E-state index contributed by atoms with van der Waals surface area (Å²) in [6.07, 6.45) is -1.92. The number of amides is 1. The summed E-state index contributed by atoms with van der Waals surface area (Å²) in [4.78, 5) is 26.6. The Labute approximate surface area is 79.8 Å². The molecule has 0 aliphatic heterocycles. The number of hydrogen-bond acceptors (Lipinski definition) is 5. The summed E-state index contributed by atoms with van der Waals surface area (Å²) >= 11 is 0. The van der Waals surface area contributed by atoms with Gasteiger partial charge in [0.1, 0.15) is 6.35 Å². The molecule has 0 rings (SSSR count). The number of aliphatic hydroxyl groups excluding tert-OH is 1. The van der Waals surface area contributed by atoms with Crippen molar-refractivity contribution in [2.75, 3.05) is 19.5 Å². The summed E-state index contributed by atoms with van der Waals surface area (Å²) < 4.78 is 14.7. The largest absolute Gasteiger partial charge is 0.389 e. The zero-order chi connectivity index (χ0) is 11.2. The predicted molar refractivity (Wildman–Crippen MR) is 43.4 cm³/mol. The summed E-state index contributed by atoms with van der Waals surface area (Å²) in [5.74, 6) is 0. The van der Waals surface area contributed by atoms with Crippen molar-refractivity contribution in [1.29, 1.82) is 0 Å². The molecule has 0 saturated carbocycles. The van der Waals surface area contributed by atoms with Gasteiger partial charge in [0.25, 0.3) is 0 Å². The number of hydrogen-bond donors (Lipinski definition) is 4.